The van der Waals surface area contributed by atoms with Crippen molar-refractivity contribution in [2.75, 3.05) is 26.9 Å². The fourth-order valence-corrected chi connectivity index (χ4v) is 3.06. The number of amides is 2. The Bertz CT molecular complexity index is 465. The molecular formula is C15H20N2O3. The third-order valence-corrected chi connectivity index (χ3v) is 4.20. The molecule has 1 N–H and O–H groups in total. The fourth-order valence-electron chi connectivity index (χ4n) is 3.06. The van der Waals surface area contributed by atoms with Crippen LogP contribution in [0.5, 0.6) is 0 Å². The summed E-state index contributed by atoms with van der Waals surface area (Å²) in [5.74, 6) is 0.308. The molecule has 5 heteroatoms. The van der Waals surface area contributed by atoms with Crippen molar-refractivity contribution >= 4 is 6.03 Å². The first-order valence-electron chi connectivity index (χ1n) is 6.98. The molecule has 0 radical (unpaired) electrons. The molecule has 5 nitrogen and oxygen atoms in total. The maximum atomic E-state index is 12.3. The number of methoxy groups -OCH3 is 1. The molecular weight excluding hydrogens is 256 g/mol. The number of carbonyl (C=O) groups excluding carboxylic acids is 1. The maximum Gasteiger partial charge on any atom is 0.318 e. The molecule has 20 heavy (non-hydrogen) atoms. The van der Waals surface area contributed by atoms with Gasteiger partial charge in [0.05, 0.1) is 25.4 Å². The molecule has 0 unspecified atom stereocenters. The number of nitrogens with one attached hydrogen (secondary N) is 1. The molecule has 2 amide bonds. The van der Waals surface area contributed by atoms with Gasteiger partial charge in [-0.05, 0) is 5.56 Å². The Kier molecular flexibility index (Phi) is 3.89. The first-order valence-corrected chi connectivity index (χ1v) is 6.98. The van der Waals surface area contributed by atoms with Gasteiger partial charge < -0.3 is 19.7 Å². The summed E-state index contributed by atoms with van der Waals surface area (Å²) in [7, 11) is 1.70. The number of likely N-dealkylation sites (tertiary alicyclic amines) is 1. The highest BCUT2D eigenvalue weighted by Crippen LogP contribution is 2.31. The summed E-state index contributed by atoms with van der Waals surface area (Å²) in [5, 5.41) is 2.97. The van der Waals surface area contributed by atoms with Crippen molar-refractivity contribution in [3.8, 4) is 0 Å². The molecule has 3 atom stereocenters. The molecule has 0 saturated carbocycles. The number of urea groups is 1. The van der Waals surface area contributed by atoms with Gasteiger partial charge in [-0.2, -0.15) is 0 Å². The number of hydrogen-bond donors (Lipinski definition) is 1. The Hall–Kier alpha value is -1.59. The van der Waals surface area contributed by atoms with Crippen molar-refractivity contribution in [1.82, 2.24) is 10.2 Å². The summed E-state index contributed by atoms with van der Waals surface area (Å²) in [6.07, 6.45) is 0.0879. The van der Waals surface area contributed by atoms with E-state index in [1.54, 1.807) is 7.11 Å². The number of ether oxygens (including phenoxy) is 2. The van der Waals surface area contributed by atoms with Crippen LogP contribution in [0.4, 0.5) is 4.79 Å². The van der Waals surface area contributed by atoms with Crippen LogP contribution in [0, 0.1) is 5.92 Å². The molecule has 2 saturated heterocycles. The number of carbonyl (C=O) groups is 1. The number of benzene rings is 1. The van der Waals surface area contributed by atoms with Gasteiger partial charge in [0, 0.05) is 26.1 Å². The third-order valence-electron chi connectivity index (χ3n) is 4.20. The molecule has 2 fully saturated rings. The van der Waals surface area contributed by atoms with Gasteiger partial charge in [-0.25, -0.2) is 4.79 Å². The Morgan fingerprint density at radius 3 is 2.95 bits per heavy atom. The normalized spacial score (nSPS) is 28.4. The fraction of sp³-hybridized carbons (Fsp3) is 0.533. The largest absolute Gasteiger partial charge is 0.379 e. The van der Waals surface area contributed by atoms with E-state index in [1.807, 2.05) is 35.2 Å². The summed E-state index contributed by atoms with van der Waals surface area (Å²) < 4.78 is 11.0. The van der Waals surface area contributed by atoms with Gasteiger partial charge >= 0.3 is 6.03 Å². The summed E-state index contributed by atoms with van der Waals surface area (Å²) in [6.45, 7) is 2.50. The van der Waals surface area contributed by atoms with E-state index in [2.05, 4.69) is 5.32 Å². The summed E-state index contributed by atoms with van der Waals surface area (Å²) in [6, 6.07) is 10.0. The lowest BCUT2D eigenvalue weighted by Crippen LogP contribution is -2.44. The lowest BCUT2D eigenvalue weighted by Gasteiger charge is -2.22. The van der Waals surface area contributed by atoms with Gasteiger partial charge in [-0.15, -0.1) is 0 Å². The highest BCUT2D eigenvalue weighted by atomic mass is 16.5. The van der Waals surface area contributed by atoms with Crippen LogP contribution < -0.4 is 5.32 Å². The Balaban J connectivity index is 1.60. The third kappa shape index (κ3) is 2.51. The van der Waals surface area contributed by atoms with Crippen LogP contribution in [0.25, 0.3) is 0 Å². The van der Waals surface area contributed by atoms with Gasteiger partial charge in [0.25, 0.3) is 0 Å². The SMILES string of the molecule is CO[C@H]1CN(C(=O)NCc2ccccc2)[C@@H]2COC[C@H]12. The molecule has 108 valence electrons. The predicted octanol–water partition coefficient (Wildman–Crippen LogP) is 1.24. The van der Waals surface area contributed by atoms with Gasteiger partial charge in [-0.1, -0.05) is 30.3 Å². The smallest absolute Gasteiger partial charge is 0.318 e. The summed E-state index contributed by atoms with van der Waals surface area (Å²) >= 11 is 0. The zero-order valence-corrected chi connectivity index (χ0v) is 11.6. The van der Waals surface area contributed by atoms with Crippen LogP contribution in [0.15, 0.2) is 30.3 Å². The predicted molar refractivity (Wildman–Crippen MR) is 74.3 cm³/mol. The Morgan fingerprint density at radius 1 is 1.40 bits per heavy atom. The molecule has 1 aromatic rings. The van der Waals surface area contributed by atoms with Crippen LogP contribution in [-0.4, -0.2) is 49.9 Å². The number of fused-ring (bicyclic) bond motifs is 1. The molecule has 3 rings (SSSR count). The van der Waals surface area contributed by atoms with Crippen LogP contribution in [0.3, 0.4) is 0 Å². The highest BCUT2D eigenvalue weighted by Gasteiger charge is 2.47. The zero-order chi connectivity index (χ0) is 13.9. The van der Waals surface area contributed by atoms with Gasteiger partial charge in [0.1, 0.15) is 0 Å². The van der Waals surface area contributed by atoms with Gasteiger partial charge in [-0.3, -0.25) is 0 Å². The number of hydrogen-bond acceptors (Lipinski definition) is 3. The lowest BCUT2D eigenvalue weighted by atomic mass is 10.0. The molecule has 2 heterocycles. The summed E-state index contributed by atoms with van der Waals surface area (Å²) in [5.41, 5.74) is 1.10. The van der Waals surface area contributed by atoms with Crippen molar-refractivity contribution in [3.05, 3.63) is 35.9 Å². The Labute approximate surface area is 118 Å². The number of rotatable bonds is 3. The minimum absolute atomic E-state index is 0.0334. The molecule has 2 aliphatic rings. The van der Waals surface area contributed by atoms with Gasteiger partial charge in [0.2, 0.25) is 0 Å². The van der Waals surface area contributed by atoms with E-state index in [9.17, 15) is 4.79 Å². The van der Waals surface area contributed by atoms with Crippen molar-refractivity contribution in [2.24, 2.45) is 5.92 Å². The van der Waals surface area contributed by atoms with Crippen molar-refractivity contribution in [3.63, 3.8) is 0 Å². The minimum Gasteiger partial charge on any atom is -0.379 e. The van der Waals surface area contributed by atoms with E-state index in [0.717, 1.165) is 5.56 Å². The molecule has 0 aliphatic carbocycles. The average molecular weight is 276 g/mol. The second-order valence-electron chi connectivity index (χ2n) is 5.34. The highest BCUT2D eigenvalue weighted by molar-refractivity contribution is 5.75. The minimum atomic E-state index is -0.0334. The van der Waals surface area contributed by atoms with E-state index in [-0.39, 0.29) is 18.2 Å². The standard InChI is InChI=1S/C15H20N2O3/c1-19-14-8-17(13-10-20-9-12(13)14)15(18)16-7-11-5-3-2-4-6-11/h2-6,12-14H,7-10H2,1H3,(H,16,18)/t12-,13+,14-/m0/s1. The quantitative estimate of drug-likeness (QED) is 0.903. The first-order chi connectivity index (χ1) is 9.79. The van der Waals surface area contributed by atoms with Crippen LogP contribution in [-0.2, 0) is 16.0 Å². The van der Waals surface area contributed by atoms with Crippen LogP contribution >= 0.6 is 0 Å². The Morgan fingerprint density at radius 2 is 2.20 bits per heavy atom. The zero-order valence-electron chi connectivity index (χ0n) is 11.6. The van der Waals surface area contributed by atoms with Crippen LogP contribution in [0.1, 0.15) is 5.56 Å². The maximum absolute atomic E-state index is 12.3. The molecule has 1 aromatic carbocycles. The van der Waals surface area contributed by atoms with Crippen molar-refractivity contribution in [2.45, 2.75) is 18.7 Å². The van der Waals surface area contributed by atoms with E-state index < -0.39 is 0 Å². The van der Waals surface area contributed by atoms with Gasteiger partial charge in [0.15, 0.2) is 0 Å². The average Bonchev–Trinajstić information content (AvgIpc) is 3.07. The van der Waals surface area contributed by atoms with Crippen LogP contribution in [0.2, 0.25) is 0 Å². The first kappa shape index (κ1) is 13.4. The second-order valence-corrected chi connectivity index (χ2v) is 5.34. The van der Waals surface area contributed by atoms with E-state index >= 15 is 0 Å². The topological polar surface area (TPSA) is 50.8 Å². The molecule has 0 aromatic heterocycles. The van der Waals surface area contributed by atoms with Crippen molar-refractivity contribution in [1.29, 1.82) is 0 Å². The van der Waals surface area contributed by atoms with E-state index in [0.29, 0.717) is 32.2 Å². The summed E-state index contributed by atoms with van der Waals surface area (Å²) in [4.78, 5) is 14.2. The molecule has 2 aliphatic heterocycles. The molecule has 0 spiro atoms. The van der Waals surface area contributed by atoms with Crippen molar-refractivity contribution < 1.29 is 14.3 Å². The molecule has 0 bridgehead atoms. The number of nitrogens with zero attached hydrogens (tertiary/aromatic N) is 1. The van der Waals surface area contributed by atoms with E-state index in [4.69, 9.17) is 9.47 Å². The second kappa shape index (κ2) is 5.81. The van der Waals surface area contributed by atoms with E-state index in [1.165, 1.54) is 0 Å². The monoisotopic (exact) mass is 276 g/mol. The lowest BCUT2D eigenvalue weighted by molar-refractivity contribution is 0.0569.